The average molecular weight is 502 g/mol. The number of nitrogens with zero attached hydrogens (tertiary/aromatic N) is 2. The first-order valence-electron chi connectivity index (χ1n) is 7.51. The topological polar surface area (TPSA) is 49.3 Å². The van der Waals surface area contributed by atoms with E-state index in [1.807, 2.05) is 6.92 Å². The summed E-state index contributed by atoms with van der Waals surface area (Å²) in [4.78, 5) is 9.33. The van der Waals surface area contributed by atoms with Crippen LogP contribution in [0.4, 0.5) is 17.6 Å². The van der Waals surface area contributed by atoms with Crippen molar-refractivity contribution in [2.45, 2.75) is 26.1 Å². The fraction of sp³-hybridized carbons (Fsp3) is 0.375. The molecule has 2 aromatic rings. The Labute approximate surface area is 170 Å². The molecule has 4 nitrogen and oxygen atoms in total. The first kappa shape index (κ1) is 22.6. The van der Waals surface area contributed by atoms with Gasteiger partial charge in [0, 0.05) is 37.6 Å². The van der Waals surface area contributed by atoms with Gasteiger partial charge in [-0.1, -0.05) is 6.07 Å². The fourth-order valence-corrected chi connectivity index (χ4v) is 2.96. The molecule has 2 rings (SSSR count). The molecule has 0 saturated heterocycles. The van der Waals surface area contributed by atoms with Crippen molar-refractivity contribution in [3.8, 4) is 0 Å². The first-order chi connectivity index (χ1) is 11.8. The number of alkyl halides is 3. The van der Waals surface area contributed by atoms with Gasteiger partial charge in [-0.3, -0.25) is 4.99 Å². The summed E-state index contributed by atoms with van der Waals surface area (Å²) in [5.41, 5.74) is -1.04. The highest BCUT2D eigenvalue weighted by molar-refractivity contribution is 14.0. The van der Waals surface area contributed by atoms with E-state index in [1.165, 1.54) is 7.05 Å². The van der Waals surface area contributed by atoms with Gasteiger partial charge in [-0.2, -0.15) is 13.2 Å². The van der Waals surface area contributed by atoms with Crippen LogP contribution in [0.2, 0.25) is 0 Å². The monoisotopic (exact) mass is 502 g/mol. The van der Waals surface area contributed by atoms with E-state index >= 15 is 0 Å². The Kier molecular flexibility index (Phi) is 8.74. The number of nitrogens with one attached hydrogen (secondary N) is 2. The molecule has 0 fully saturated rings. The van der Waals surface area contributed by atoms with E-state index < -0.39 is 17.6 Å². The highest BCUT2D eigenvalue weighted by atomic mass is 127. The normalized spacial score (nSPS) is 11.8. The van der Waals surface area contributed by atoms with Crippen molar-refractivity contribution in [1.29, 1.82) is 0 Å². The molecule has 1 aromatic carbocycles. The lowest BCUT2D eigenvalue weighted by molar-refractivity contribution is -0.138. The molecule has 0 amide bonds. The molecular weight excluding hydrogens is 483 g/mol. The summed E-state index contributed by atoms with van der Waals surface area (Å²) in [6.07, 6.45) is -2.14. The van der Waals surface area contributed by atoms with Crippen molar-refractivity contribution < 1.29 is 17.6 Å². The number of aliphatic imine (C=N–C) groups is 1. The summed E-state index contributed by atoms with van der Waals surface area (Å²) in [6.45, 7) is 2.39. The van der Waals surface area contributed by atoms with Gasteiger partial charge in [-0.15, -0.1) is 35.3 Å². The highest BCUT2D eigenvalue weighted by Crippen LogP contribution is 2.32. The third-order valence-corrected chi connectivity index (χ3v) is 4.32. The van der Waals surface area contributed by atoms with E-state index in [-0.39, 0.29) is 36.1 Å². The van der Waals surface area contributed by atoms with Crippen molar-refractivity contribution in [2.75, 3.05) is 13.6 Å². The summed E-state index contributed by atoms with van der Waals surface area (Å²) >= 11 is 1.59. The van der Waals surface area contributed by atoms with Crippen molar-refractivity contribution in [3.63, 3.8) is 0 Å². The standard InChI is InChI=1S/C16H18F4N4S.HI/c1-10-8-23-14(25-10)5-6-22-15(21-2)24-9-11-3-4-12(17)7-13(11)16(18,19)20;/h3-4,7-8H,5-6,9H2,1-2H3,(H2,21,22,24);1H. The number of aromatic nitrogens is 1. The molecule has 144 valence electrons. The Morgan fingerprint density at radius 1 is 1.27 bits per heavy atom. The molecule has 0 saturated carbocycles. The SMILES string of the molecule is CN=C(NCCc1ncc(C)s1)NCc1ccc(F)cc1C(F)(F)F.I. The largest absolute Gasteiger partial charge is 0.416 e. The van der Waals surface area contributed by atoms with Gasteiger partial charge >= 0.3 is 6.18 Å². The van der Waals surface area contributed by atoms with Crippen LogP contribution in [0.5, 0.6) is 0 Å². The molecule has 0 aliphatic rings. The molecule has 0 unspecified atom stereocenters. The first-order valence-corrected chi connectivity index (χ1v) is 8.32. The molecule has 0 aliphatic heterocycles. The van der Waals surface area contributed by atoms with Crippen LogP contribution in [-0.2, 0) is 19.1 Å². The Morgan fingerprint density at radius 2 is 2.00 bits per heavy atom. The van der Waals surface area contributed by atoms with Crippen molar-refractivity contribution in [2.24, 2.45) is 4.99 Å². The van der Waals surface area contributed by atoms with Crippen LogP contribution >= 0.6 is 35.3 Å². The van der Waals surface area contributed by atoms with Crippen LogP contribution in [0.3, 0.4) is 0 Å². The Balaban J connectivity index is 0.00000338. The maximum Gasteiger partial charge on any atom is 0.416 e. The van der Waals surface area contributed by atoms with Crippen LogP contribution in [0.15, 0.2) is 29.4 Å². The number of aryl methyl sites for hydroxylation is 1. The van der Waals surface area contributed by atoms with E-state index in [0.717, 1.165) is 22.0 Å². The van der Waals surface area contributed by atoms with Gasteiger partial charge in [-0.25, -0.2) is 9.37 Å². The molecule has 0 spiro atoms. The van der Waals surface area contributed by atoms with E-state index in [9.17, 15) is 17.6 Å². The third-order valence-electron chi connectivity index (χ3n) is 3.35. The second-order valence-electron chi connectivity index (χ2n) is 5.27. The number of rotatable bonds is 5. The fourth-order valence-electron chi connectivity index (χ4n) is 2.17. The second kappa shape index (κ2) is 10.0. The smallest absolute Gasteiger partial charge is 0.356 e. The van der Waals surface area contributed by atoms with Crippen LogP contribution in [0, 0.1) is 12.7 Å². The van der Waals surface area contributed by atoms with Crippen molar-refractivity contribution >= 4 is 41.3 Å². The summed E-state index contributed by atoms with van der Waals surface area (Å²) in [6, 6.07) is 2.63. The van der Waals surface area contributed by atoms with Gasteiger partial charge in [0.05, 0.1) is 10.6 Å². The molecule has 10 heteroatoms. The minimum absolute atomic E-state index is 0. The maximum atomic E-state index is 13.1. The molecule has 0 aliphatic carbocycles. The lowest BCUT2D eigenvalue weighted by Gasteiger charge is -2.15. The number of benzene rings is 1. The molecule has 0 bridgehead atoms. The summed E-state index contributed by atoms with van der Waals surface area (Å²) < 4.78 is 52.1. The van der Waals surface area contributed by atoms with Gasteiger partial charge in [0.25, 0.3) is 0 Å². The maximum absolute atomic E-state index is 13.1. The predicted molar refractivity (Wildman–Crippen MR) is 106 cm³/mol. The van der Waals surface area contributed by atoms with E-state index in [4.69, 9.17) is 0 Å². The van der Waals surface area contributed by atoms with Gasteiger partial charge in [-0.05, 0) is 24.6 Å². The van der Waals surface area contributed by atoms with Gasteiger partial charge in [0.15, 0.2) is 5.96 Å². The molecule has 0 atom stereocenters. The summed E-state index contributed by atoms with van der Waals surface area (Å²) in [5, 5.41) is 6.80. The van der Waals surface area contributed by atoms with Crippen molar-refractivity contribution in [3.05, 3.63) is 51.2 Å². The second-order valence-corrected chi connectivity index (χ2v) is 6.59. The third kappa shape index (κ3) is 6.71. The minimum Gasteiger partial charge on any atom is -0.356 e. The molecule has 26 heavy (non-hydrogen) atoms. The Bertz CT molecular complexity index is 746. The number of hydrogen-bond donors (Lipinski definition) is 2. The molecule has 1 aromatic heterocycles. The Hall–Kier alpha value is -1.43. The summed E-state index contributed by atoms with van der Waals surface area (Å²) in [7, 11) is 1.53. The molecular formula is C16H19F4IN4S. The van der Waals surface area contributed by atoms with E-state index in [0.29, 0.717) is 25.0 Å². The number of halogens is 5. The molecule has 1 heterocycles. The summed E-state index contributed by atoms with van der Waals surface area (Å²) in [5.74, 6) is -0.553. The van der Waals surface area contributed by atoms with Crippen LogP contribution < -0.4 is 10.6 Å². The quantitative estimate of drug-likeness (QED) is 0.280. The zero-order valence-corrected chi connectivity index (χ0v) is 17.3. The lowest BCUT2D eigenvalue weighted by Crippen LogP contribution is -2.38. The van der Waals surface area contributed by atoms with Crippen LogP contribution in [0.1, 0.15) is 21.0 Å². The number of hydrogen-bond acceptors (Lipinski definition) is 3. The van der Waals surface area contributed by atoms with E-state index in [1.54, 1.807) is 17.5 Å². The predicted octanol–water partition coefficient (Wildman–Crippen LogP) is 4.14. The minimum atomic E-state index is -4.61. The molecule has 2 N–H and O–H groups in total. The van der Waals surface area contributed by atoms with Crippen molar-refractivity contribution in [1.82, 2.24) is 15.6 Å². The molecule has 0 radical (unpaired) electrons. The number of guanidine groups is 1. The zero-order chi connectivity index (χ0) is 18.4. The lowest BCUT2D eigenvalue weighted by atomic mass is 10.1. The zero-order valence-electron chi connectivity index (χ0n) is 14.2. The Morgan fingerprint density at radius 3 is 2.58 bits per heavy atom. The average Bonchev–Trinajstić information content (AvgIpc) is 2.96. The van der Waals surface area contributed by atoms with Crippen LogP contribution in [0.25, 0.3) is 0 Å². The van der Waals surface area contributed by atoms with Crippen LogP contribution in [-0.4, -0.2) is 24.5 Å². The van der Waals surface area contributed by atoms with Gasteiger partial charge in [0.2, 0.25) is 0 Å². The van der Waals surface area contributed by atoms with E-state index in [2.05, 4.69) is 20.6 Å². The number of thiazole rings is 1. The highest BCUT2D eigenvalue weighted by Gasteiger charge is 2.33. The van der Waals surface area contributed by atoms with Gasteiger partial charge in [0.1, 0.15) is 5.82 Å². The van der Waals surface area contributed by atoms with Gasteiger partial charge < -0.3 is 10.6 Å².